The third kappa shape index (κ3) is 3.99. The quantitative estimate of drug-likeness (QED) is 0.335. The van der Waals surface area contributed by atoms with Crippen molar-refractivity contribution >= 4 is 27.3 Å². The molecule has 152 valence electrons. The summed E-state index contributed by atoms with van der Waals surface area (Å²) >= 11 is 0. The highest BCUT2D eigenvalue weighted by Crippen LogP contribution is 2.34. The van der Waals surface area contributed by atoms with Crippen LogP contribution in [0.25, 0.3) is 32.8 Å². The van der Waals surface area contributed by atoms with E-state index in [4.69, 9.17) is 9.72 Å². The van der Waals surface area contributed by atoms with Gasteiger partial charge in [0, 0.05) is 29.3 Å². The van der Waals surface area contributed by atoms with Gasteiger partial charge in [-0.2, -0.15) is 0 Å². The summed E-state index contributed by atoms with van der Waals surface area (Å²) in [6.07, 6.45) is 2.88. The molecule has 1 aromatic heterocycles. The lowest BCUT2D eigenvalue weighted by Gasteiger charge is -2.14. The molecule has 0 radical (unpaired) electrons. The number of ketones is 1. The van der Waals surface area contributed by atoms with Crippen LogP contribution in [0.3, 0.4) is 0 Å². The van der Waals surface area contributed by atoms with E-state index in [1.807, 2.05) is 49.5 Å². The minimum atomic E-state index is -0.0149. The average molecular weight is 398 g/mol. The predicted octanol–water partition coefficient (Wildman–Crippen LogP) is 6.47. The Morgan fingerprint density at radius 1 is 0.967 bits per heavy atom. The summed E-state index contributed by atoms with van der Waals surface area (Å²) in [4.78, 5) is 17.9. The molecule has 0 amide bonds. The van der Waals surface area contributed by atoms with Gasteiger partial charge in [0.25, 0.3) is 0 Å². The number of Topliss-reactive ketones (excluding diaryl/α,β-unsaturated/α-hetero) is 1. The molecule has 0 N–H and O–H groups in total. The van der Waals surface area contributed by atoms with E-state index in [1.54, 1.807) is 0 Å². The van der Waals surface area contributed by atoms with Crippen molar-refractivity contribution in [3.63, 3.8) is 0 Å². The van der Waals surface area contributed by atoms with Gasteiger partial charge in [0.15, 0.2) is 5.78 Å². The van der Waals surface area contributed by atoms with Crippen molar-refractivity contribution < 1.29 is 9.53 Å². The number of rotatable bonds is 7. The van der Waals surface area contributed by atoms with Crippen LogP contribution in [-0.4, -0.2) is 24.0 Å². The molecule has 3 nitrogen and oxygen atoms in total. The zero-order chi connectivity index (χ0) is 21.1. The Hall–Kier alpha value is -3.04. The monoisotopic (exact) mass is 397 g/mol. The molecule has 0 atom stereocenters. The van der Waals surface area contributed by atoms with E-state index in [1.165, 1.54) is 5.56 Å². The summed E-state index contributed by atoms with van der Waals surface area (Å²) in [6.45, 7) is 6.94. The maximum Gasteiger partial charge on any atom is 0.189 e. The standard InChI is InChI=1S/C27H27NO2/c1-4-30-17-25(29)26-22-8-6-5-7-20(22)10-12-24(26)27-23-11-9-19(15-18(2)3)16-21(23)13-14-28-27/h5-14,16,18H,4,15,17H2,1-3H3. The van der Waals surface area contributed by atoms with Crippen molar-refractivity contribution in [3.8, 4) is 11.3 Å². The molecule has 4 aromatic rings. The van der Waals surface area contributed by atoms with Crippen molar-refractivity contribution in [1.29, 1.82) is 0 Å². The van der Waals surface area contributed by atoms with Gasteiger partial charge >= 0.3 is 0 Å². The van der Waals surface area contributed by atoms with Crippen LogP contribution in [0.1, 0.15) is 36.7 Å². The topological polar surface area (TPSA) is 39.2 Å². The lowest BCUT2D eigenvalue weighted by molar-refractivity contribution is 0.0785. The van der Waals surface area contributed by atoms with Gasteiger partial charge in [0.2, 0.25) is 0 Å². The van der Waals surface area contributed by atoms with Crippen LogP contribution in [0, 0.1) is 5.92 Å². The van der Waals surface area contributed by atoms with Gasteiger partial charge in [0.05, 0.1) is 5.69 Å². The van der Waals surface area contributed by atoms with Crippen molar-refractivity contribution in [2.24, 2.45) is 5.92 Å². The summed E-state index contributed by atoms with van der Waals surface area (Å²) < 4.78 is 5.46. The number of hydrogen-bond donors (Lipinski definition) is 0. The van der Waals surface area contributed by atoms with Gasteiger partial charge in [-0.05, 0) is 47.1 Å². The number of fused-ring (bicyclic) bond motifs is 2. The highest BCUT2D eigenvalue weighted by atomic mass is 16.5. The second-order valence-electron chi connectivity index (χ2n) is 8.08. The maximum absolute atomic E-state index is 13.2. The number of nitrogens with zero attached hydrogens (tertiary/aromatic N) is 1. The summed E-state index contributed by atoms with van der Waals surface area (Å²) in [5.41, 5.74) is 3.71. The number of aromatic nitrogens is 1. The number of benzene rings is 3. The summed E-state index contributed by atoms with van der Waals surface area (Å²) in [7, 11) is 0. The molecule has 4 rings (SSSR count). The van der Waals surface area contributed by atoms with Gasteiger partial charge in [-0.3, -0.25) is 9.78 Å². The van der Waals surface area contributed by atoms with Crippen molar-refractivity contribution in [2.45, 2.75) is 27.2 Å². The molecular weight excluding hydrogens is 370 g/mol. The van der Waals surface area contributed by atoms with Crippen LogP contribution in [0.4, 0.5) is 0 Å². The largest absolute Gasteiger partial charge is 0.374 e. The van der Waals surface area contributed by atoms with Crippen molar-refractivity contribution in [2.75, 3.05) is 13.2 Å². The Morgan fingerprint density at radius 2 is 1.80 bits per heavy atom. The van der Waals surface area contributed by atoms with Crippen LogP contribution in [0.5, 0.6) is 0 Å². The molecular formula is C27H27NO2. The van der Waals surface area contributed by atoms with Gasteiger partial charge in [0.1, 0.15) is 6.61 Å². The van der Waals surface area contributed by atoms with Gasteiger partial charge < -0.3 is 4.74 Å². The van der Waals surface area contributed by atoms with E-state index in [0.29, 0.717) is 18.1 Å². The van der Waals surface area contributed by atoms with E-state index < -0.39 is 0 Å². The zero-order valence-electron chi connectivity index (χ0n) is 17.8. The molecule has 0 saturated carbocycles. The Balaban J connectivity index is 1.92. The Kier molecular flexibility index (Phi) is 5.91. The molecule has 0 bridgehead atoms. The first kappa shape index (κ1) is 20.2. The predicted molar refractivity (Wildman–Crippen MR) is 124 cm³/mol. The SMILES string of the molecule is CCOCC(=O)c1c(-c2nccc3cc(CC(C)C)ccc23)ccc2ccccc12. The van der Waals surface area contributed by atoms with Crippen LogP contribution in [-0.2, 0) is 11.2 Å². The summed E-state index contributed by atoms with van der Waals surface area (Å²) in [6, 6.07) is 20.7. The van der Waals surface area contributed by atoms with Gasteiger partial charge in [-0.15, -0.1) is 0 Å². The van der Waals surface area contributed by atoms with Gasteiger partial charge in [-0.25, -0.2) is 0 Å². The molecule has 0 unspecified atom stereocenters. The Bertz CT molecular complexity index is 1210. The van der Waals surface area contributed by atoms with E-state index in [-0.39, 0.29) is 12.4 Å². The molecule has 0 aliphatic heterocycles. The molecule has 0 spiro atoms. The normalized spacial score (nSPS) is 11.5. The lowest BCUT2D eigenvalue weighted by Crippen LogP contribution is -2.11. The molecule has 30 heavy (non-hydrogen) atoms. The molecule has 0 fully saturated rings. The first-order valence-electron chi connectivity index (χ1n) is 10.6. The van der Waals surface area contributed by atoms with Crippen LogP contribution in [0.2, 0.25) is 0 Å². The second-order valence-corrected chi connectivity index (χ2v) is 8.08. The fourth-order valence-corrected chi connectivity index (χ4v) is 4.08. The van der Waals surface area contributed by atoms with E-state index in [2.05, 4.69) is 38.1 Å². The smallest absolute Gasteiger partial charge is 0.189 e. The Labute approximate surface area is 177 Å². The zero-order valence-corrected chi connectivity index (χ0v) is 17.8. The van der Waals surface area contributed by atoms with Crippen LogP contribution in [0.15, 0.2) is 66.9 Å². The van der Waals surface area contributed by atoms with Crippen molar-refractivity contribution in [3.05, 3.63) is 78.0 Å². The molecule has 0 saturated heterocycles. The number of hydrogen-bond acceptors (Lipinski definition) is 3. The molecule has 3 aromatic carbocycles. The number of pyridine rings is 1. The third-order valence-corrected chi connectivity index (χ3v) is 5.37. The molecule has 0 aliphatic rings. The summed E-state index contributed by atoms with van der Waals surface area (Å²) in [5, 5.41) is 4.19. The molecule has 3 heteroatoms. The minimum absolute atomic E-state index is 0.0149. The minimum Gasteiger partial charge on any atom is -0.374 e. The summed E-state index contributed by atoms with van der Waals surface area (Å²) in [5.74, 6) is 0.589. The van der Waals surface area contributed by atoms with Crippen molar-refractivity contribution in [1.82, 2.24) is 4.98 Å². The lowest BCUT2D eigenvalue weighted by atomic mass is 9.91. The first-order valence-corrected chi connectivity index (χ1v) is 10.6. The number of carbonyl (C=O) groups excluding carboxylic acids is 1. The van der Waals surface area contributed by atoms with Crippen LogP contribution >= 0.6 is 0 Å². The Morgan fingerprint density at radius 3 is 2.60 bits per heavy atom. The molecule has 0 aliphatic carbocycles. The van der Waals surface area contributed by atoms with Gasteiger partial charge in [-0.1, -0.05) is 68.4 Å². The van der Waals surface area contributed by atoms with E-state index >= 15 is 0 Å². The fraction of sp³-hybridized carbons (Fsp3) is 0.259. The second kappa shape index (κ2) is 8.76. The highest BCUT2D eigenvalue weighted by molar-refractivity contribution is 6.15. The van der Waals surface area contributed by atoms with E-state index in [9.17, 15) is 4.79 Å². The number of ether oxygens (including phenoxy) is 1. The van der Waals surface area contributed by atoms with E-state index in [0.717, 1.165) is 39.2 Å². The molecule has 1 heterocycles. The maximum atomic E-state index is 13.2. The van der Waals surface area contributed by atoms with Crippen LogP contribution < -0.4 is 0 Å². The third-order valence-electron chi connectivity index (χ3n) is 5.37. The highest BCUT2D eigenvalue weighted by Gasteiger charge is 2.19. The number of carbonyl (C=O) groups is 1. The fourth-order valence-electron chi connectivity index (χ4n) is 4.08. The first-order chi connectivity index (χ1) is 14.6. The average Bonchev–Trinajstić information content (AvgIpc) is 2.75.